The number of carbonyl (C=O) groups excluding carboxylic acids is 1. The summed E-state index contributed by atoms with van der Waals surface area (Å²) >= 11 is 0. The Morgan fingerprint density at radius 1 is 1.00 bits per heavy atom. The average Bonchev–Trinajstić information content (AvgIpc) is 3.02. The zero-order valence-electron chi connectivity index (χ0n) is 17.5. The van der Waals surface area contributed by atoms with Crippen molar-refractivity contribution in [2.75, 3.05) is 0 Å². The topological polar surface area (TPSA) is 46.1 Å². The van der Waals surface area contributed by atoms with Crippen LogP contribution in [0.5, 0.6) is 0 Å². The monoisotopic (exact) mass is 365 g/mol. The summed E-state index contributed by atoms with van der Waals surface area (Å²) in [5.41, 5.74) is 6.14. The minimum atomic E-state index is 0.0925. The van der Waals surface area contributed by atoms with Crippen molar-refractivity contribution in [3.63, 3.8) is 0 Å². The molecule has 0 aliphatic carbocycles. The van der Waals surface area contributed by atoms with Crippen LogP contribution in [0.4, 0.5) is 0 Å². The molecule has 4 nitrogen and oxygen atoms in total. The molecular weight excluding hydrogens is 334 g/mol. The second-order valence-corrected chi connectivity index (χ2v) is 9.66. The predicted octanol–water partition coefficient (Wildman–Crippen LogP) is 4.55. The fourth-order valence-corrected chi connectivity index (χ4v) is 3.39. The van der Waals surface area contributed by atoms with Crippen LogP contribution in [-0.4, -0.2) is 20.8 Å². The molecule has 0 bridgehead atoms. The van der Waals surface area contributed by atoms with Gasteiger partial charge in [-0.3, -0.25) is 4.79 Å². The maximum atomic E-state index is 12.7. The third-order valence-electron chi connectivity index (χ3n) is 5.29. The molecule has 1 aliphatic rings. The Morgan fingerprint density at radius 3 is 2.19 bits per heavy atom. The Labute approximate surface area is 163 Å². The molecule has 0 saturated heterocycles. The highest BCUT2D eigenvalue weighted by Crippen LogP contribution is 2.31. The smallest absolute Gasteiger partial charge is 0.223 e. The molecule has 1 aromatic heterocycles. The van der Waals surface area contributed by atoms with Crippen LogP contribution in [0.15, 0.2) is 30.7 Å². The molecule has 0 atom stereocenters. The lowest BCUT2D eigenvalue weighted by Gasteiger charge is -2.26. The fourth-order valence-electron chi connectivity index (χ4n) is 3.39. The Balaban J connectivity index is 1.73. The number of rotatable bonds is 3. The lowest BCUT2D eigenvalue weighted by atomic mass is 9.79. The highest BCUT2D eigenvalue weighted by atomic mass is 16.2. The third kappa shape index (κ3) is 4.55. The van der Waals surface area contributed by atoms with Crippen LogP contribution in [0.25, 0.3) is 0 Å². The summed E-state index contributed by atoms with van der Waals surface area (Å²) in [5.74, 6) is 0.187. The first-order valence-corrected chi connectivity index (χ1v) is 9.74. The third-order valence-corrected chi connectivity index (χ3v) is 5.29. The van der Waals surface area contributed by atoms with E-state index in [9.17, 15) is 4.79 Å². The van der Waals surface area contributed by atoms with Gasteiger partial charge in [-0.15, -0.1) is 0 Å². The van der Waals surface area contributed by atoms with Crippen molar-refractivity contribution in [2.45, 2.75) is 78.3 Å². The second-order valence-electron chi connectivity index (χ2n) is 9.66. The number of fused-ring (bicyclic) bond motifs is 1. The van der Waals surface area contributed by atoms with Gasteiger partial charge in [0.15, 0.2) is 0 Å². The van der Waals surface area contributed by atoms with Crippen molar-refractivity contribution in [3.05, 3.63) is 58.7 Å². The van der Waals surface area contributed by atoms with Crippen molar-refractivity contribution in [3.8, 4) is 0 Å². The summed E-state index contributed by atoms with van der Waals surface area (Å²) < 4.78 is 0. The number of hydrogen-bond donors (Lipinski definition) is 0. The van der Waals surface area contributed by atoms with Gasteiger partial charge in [-0.2, -0.15) is 0 Å². The quantitative estimate of drug-likeness (QED) is 0.802. The number of amides is 1. The zero-order valence-corrected chi connectivity index (χ0v) is 17.5. The van der Waals surface area contributed by atoms with Crippen molar-refractivity contribution in [1.82, 2.24) is 14.9 Å². The maximum absolute atomic E-state index is 12.7. The molecule has 1 aromatic carbocycles. The number of nitrogens with zero attached hydrogens (tertiary/aromatic N) is 3. The van der Waals surface area contributed by atoms with Crippen molar-refractivity contribution < 1.29 is 4.79 Å². The molecule has 1 aliphatic heterocycles. The highest BCUT2D eigenvalue weighted by Gasteiger charge is 2.25. The van der Waals surface area contributed by atoms with E-state index in [4.69, 9.17) is 0 Å². The minimum Gasteiger partial charge on any atom is -0.332 e. The molecule has 0 N–H and O–H groups in total. The van der Waals surface area contributed by atoms with E-state index in [1.807, 2.05) is 11.1 Å². The maximum Gasteiger partial charge on any atom is 0.223 e. The van der Waals surface area contributed by atoms with Crippen LogP contribution >= 0.6 is 0 Å². The SMILES string of the molecule is CC(C)(C)c1cc(CCC(=O)N2Cc3cncnc3C2)cc(C(C)(C)C)c1. The van der Waals surface area contributed by atoms with Gasteiger partial charge in [0, 0.05) is 24.7 Å². The first-order chi connectivity index (χ1) is 12.5. The highest BCUT2D eigenvalue weighted by molar-refractivity contribution is 5.77. The van der Waals surface area contributed by atoms with Crippen molar-refractivity contribution in [2.24, 2.45) is 0 Å². The molecule has 0 fully saturated rings. The number of hydrogen-bond acceptors (Lipinski definition) is 3. The largest absolute Gasteiger partial charge is 0.332 e. The van der Waals surface area contributed by atoms with Gasteiger partial charge in [0.1, 0.15) is 6.33 Å². The van der Waals surface area contributed by atoms with E-state index in [0.29, 0.717) is 19.5 Å². The van der Waals surface area contributed by atoms with Crippen LogP contribution < -0.4 is 0 Å². The minimum absolute atomic E-state index is 0.0925. The first kappa shape index (κ1) is 19.5. The molecule has 2 aromatic rings. The molecule has 0 saturated carbocycles. The lowest BCUT2D eigenvalue weighted by Crippen LogP contribution is -2.25. The molecule has 1 amide bonds. The van der Waals surface area contributed by atoms with Crippen molar-refractivity contribution >= 4 is 5.91 Å². The van der Waals surface area contributed by atoms with Gasteiger partial charge in [-0.1, -0.05) is 59.7 Å². The van der Waals surface area contributed by atoms with Crippen LogP contribution in [0.1, 0.15) is 75.9 Å². The van der Waals surface area contributed by atoms with Gasteiger partial charge < -0.3 is 4.90 Å². The first-order valence-electron chi connectivity index (χ1n) is 9.74. The summed E-state index contributed by atoms with van der Waals surface area (Å²) in [7, 11) is 0. The average molecular weight is 366 g/mol. The Kier molecular flexibility index (Phi) is 5.11. The molecule has 3 rings (SSSR count). The predicted molar refractivity (Wildman–Crippen MR) is 108 cm³/mol. The van der Waals surface area contributed by atoms with E-state index in [1.165, 1.54) is 16.7 Å². The molecule has 2 heterocycles. The lowest BCUT2D eigenvalue weighted by molar-refractivity contribution is -0.131. The van der Waals surface area contributed by atoms with Crippen LogP contribution in [0.2, 0.25) is 0 Å². The number of benzene rings is 1. The molecule has 4 heteroatoms. The van der Waals surface area contributed by atoms with Crippen molar-refractivity contribution in [1.29, 1.82) is 0 Å². The summed E-state index contributed by atoms with van der Waals surface area (Å²) in [6, 6.07) is 6.86. The second kappa shape index (κ2) is 7.06. The number of aromatic nitrogens is 2. The Bertz CT molecular complexity index is 786. The fraction of sp³-hybridized carbons (Fsp3) is 0.522. The molecule has 144 valence electrons. The van der Waals surface area contributed by atoms with E-state index >= 15 is 0 Å². The number of carbonyl (C=O) groups is 1. The van der Waals surface area contributed by atoms with Crippen LogP contribution in [-0.2, 0) is 35.1 Å². The van der Waals surface area contributed by atoms with Gasteiger partial charge in [0.05, 0.1) is 12.2 Å². The number of aryl methyl sites for hydroxylation is 1. The van der Waals surface area contributed by atoms with E-state index in [2.05, 4.69) is 69.7 Å². The van der Waals surface area contributed by atoms with E-state index in [1.54, 1.807) is 6.33 Å². The summed E-state index contributed by atoms with van der Waals surface area (Å²) in [6.45, 7) is 14.7. The summed E-state index contributed by atoms with van der Waals surface area (Å²) in [6.07, 6.45) is 4.67. The van der Waals surface area contributed by atoms with Gasteiger partial charge in [-0.25, -0.2) is 9.97 Å². The van der Waals surface area contributed by atoms with E-state index < -0.39 is 0 Å². The molecule has 0 radical (unpaired) electrons. The standard InChI is InChI=1S/C23H31N3O/c1-22(2,3)18-9-16(10-19(11-18)23(4,5)6)7-8-21(27)26-13-17-12-24-15-25-20(17)14-26/h9-12,15H,7-8,13-14H2,1-6H3. The van der Waals surface area contributed by atoms with Crippen LogP contribution in [0, 0.1) is 0 Å². The van der Waals surface area contributed by atoms with Gasteiger partial charge >= 0.3 is 0 Å². The molecule has 0 spiro atoms. The normalized spacial score (nSPS) is 14.4. The van der Waals surface area contributed by atoms with E-state index in [0.717, 1.165) is 17.7 Å². The zero-order chi connectivity index (χ0) is 19.8. The summed E-state index contributed by atoms with van der Waals surface area (Å²) in [4.78, 5) is 23.0. The molecular formula is C23H31N3O. The van der Waals surface area contributed by atoms with Crippen LogP contribution in [0.3, 0.4) is 0 Å². The Hall–Kier alpha value is -2.23. The van der Waals surface area contributed by atoms with E-state index in [-0.39, 0.29) is 16.7 Å². The van der Waals surface area contributed by atoms with Gasteiger partial charge in [-0.05, 0) is 33.9 Å². The Morgan fingerprint density at radius 2 is 1.63 bits per heavy atom. The molecule has 27 heavy (non-hydrogen) atoms. The van der Waals surface area contributed by atoms with Gasteiger partial charge in [0.2, 0.25) is 5.91 Å². The van der Waals surface area contributed by atoms with Gasteiger partial charge in [0.25, 0.3) is 0 Å². The summed E-state index contributed by atoms with van der Waals surface area (Å²) in [5, 5.41) is 0. The molecule has 0 unspecified atom stereocenters.